The Kier molecular flexibility index (Phi) is 3.70. The van der Waals surface area contributed by atoms with Crippen LogP contribution in [0.5, 0.6) is 0 Å². The minimum Gasteiger partial charge on any atom is -0.334 e. The summed E-state index contributed by atoms with van der Waals surface area (Å²) in [5.41, 5.74) is 7.31. The number of nitrogens with zero attached hydrogens (tertiary/aromatic N) is 4. The van der Waals surface area contributed by atoms with Crippen molar-refractivity contribution in [3.8, 4) is 5.69 Å². The average molecular weight is 285 g/mol. The molecule has 0 aliphatic carbocycles. The van der Waals surface area contributed by atoms with Crippen molar-refractivity contribution in [2.45, 2.75) is 31.8 Å². The summed E-state index contributed by atoms with van der Waals surface area (Å²) in [6.45, 7) is 2.67. The lowest BCUT2D eigenvalue weighted by molar-refractivity contribution is 0.0612. The van der Waals surface area contributed by atoms with Crippen molar-refractivity contribution < 1.29 is 4.79 Å². The van der Waals surface area contributed by atoms with Gasteiger partial charge in [-0.2, -0.15) is 15.0 Å². The molecular weight excluding hydrogens is 266 g/mol. The molecule has 1 aromatic carbocycles. The summed E-state index contributed by atoms with van der Waals surface area (Å²) in [5, 5.41) is 8.24. The number of aromatic nitrogens is 3. The highest BCUT2D eigenvalue weighted by molar-refractivity contribution is 5.98. The largest absolute Gasteiger partial charge is 0.334 e. The van der Waals surface area contributed by atoms with Crippen LogP contribution in [0.1, 0.15) is 30.1 Å². The van der Waals surface area contributed by atoms with Gasteiger partial charge in [-0.1, -0.05) is 12.1 Å². The summed E-state index contributed by atoms with van der Waals surface area (Å²) in [7, 11) is 0. The van der Waals surface area contributed by atoms with E-state index in [9.17, 15) is 4.79 Å². The normalized spacial score (nSPS) is 22.3. The van der Waals surface area contributed by atoms with Crippen LogP contribution in [-0.4, -0.2) is 44.4 Å². The molecule has 0 bridgehead atoms. The quantitative estimate of drug-likeness (QED) is 0.900. The van der Waals surface area contributed by atoms with Gasteiger partial charge in [-0.15, -0.1) is 0 Å². The Morgan fingerprint density at radius 1 is 1.24 bits per heavy atom. The summed E-state index contributed by atoms with van der Waals surface area (Å²) < 4.78 is 0. The number of piperidine rings is 1. The van der Waals surface area contributed by atoms with Crippen LogP contribution in [0.3, 0.4) is 0 Å². The maximum atomic E-state index is 12.9. The highest BCUT2D eigenvalue weighted by Gasteiger charge is 2.29. The molecule has 0 radical (unpaired) electrons. The van der Waals surface area contributed by atoms with Gasteiger partial charge in [0, 0.05) is 18.6 Å². The van der Waals surface area contributed by atoms with Crippen LogP contribution < -0.4 is 5.73 Å². The lowest BCUT2D eigenvalue weighted by Gasteiger charge is -2.36. The number of para-hydroxylation sites is 1. The fourth-order valence-corrected chi connectivity index (χ4v) is 2.74. The lowest BCUT2D eigenvalue weighted by Crippen LogP contribution is -2.50. The minimum atomic E-state index is -0.00875. The smallest absolute Gasteiger partial charge is 0.256 e. The molecule has 2 aromatic rings. The second-order valence-corrected chi connectivity index (χ2v) is 5.48. The molecule has 1 aliphatic rings. The van der Waals surface area contributed by atoms with Gasteiger partial charge in [-0.3, -0.25) is 4.79 Å². The van der Waals surface area contributed by atoms with Gasteiger partial charge in [-0.25, -0.2) is 0 Å². The Morgan fingerprint density at radius 2 is 1.95 bits per heavy atom. The topological polar surface area (TPSA) is 77.0 Å². The van der Waals surface area contributed by atoms with Crippen LogP contribution in [0.15, 0.2) is 36.7 Å². The van der Waals surface area contributed by atoms with E-state index in [-0.39, 0.29) is 18.0 Å². The van der Waals surface area contributed by atoms with Gasteiger partial charge in [0.05, 0.1) is 23.6 Å². The highest BCUT2D eigenvalue weighted by atomic mass is 16.2. The van der Waals surface area contributed by atoms with Gasteiger partial charge in [0.2, 0.25) is 0 Å². The van der Waals surface area contributed by atoms with Crippen LogP contribution in [0, 0.1) is 0 Å². The van der Waals surface area contributed by atoms with Crippen molar-refractivity contribution in [2.24, 2.45) is 5.73 Å². The molecule has 1 aliphatic heterocycles. The highest BCUT2D eigenvalue weighted by Crippen LogP contribution is 2.21. The fraction of sp³-hybridized carbons (Fsp3) is 0.400. The summed E-state index contributed by atoms with van der Waals surface area (Å²) in [5.74, 6) is -0.00875. The number of carbonyl (C=O) groups excluding carboxylic acids is 1. The Labute approximate surface area is 123 Å². The first-order valence-electron chi connectivity index (χ1n) is 7.19. The van der Waals surface area contributed by atoms with E-state index in [1.165, 1.54) is 4.80 Å². The van der Waals surface area contributed by atoms with Crippen LogP contribution in [0.2, 0.25) is 0 Å². The third-order valence-electron chi connectivity index (χ3n) is 3.95. The molecule has 1 fully saturated rings. The van der Waals surface area contributed by atoms with E-state index in [1.807, 2.05) is 29.2 Å². The van der Waals surface area contributed by atoms with E-state index in [0.29, 0.717) is 17.8 Å². The number of hydrogen-bond donors (Lipinski definition) is 1. The zero-order valence-corrected chi connectivity index (χ0v) is 12.0. The molecule has 1 amide bonds. The second-order valence-electron chi connectivity index (χ2n) is 5.48. The molecule has 2 N–H and O–H groups in total. The van der Waals surface area contributed by atoms with Crippen LogP contribution in [0.4, 0.5) is 0 Å². The fourth-order valence-electron chi connectivity index (χ4n) is 2.74. The standard InChI is InChI=1S/C15H19N5O/c1-11-6-7-12(16)10-19(11)15(21)13-4-2-3-5-14(13)20-17-8-9-18-20/h2-5,8-9,11-12H,6-7,10,16H2,1H3. The molecule has 2 heterocycles. The molecule has 1 saturated heterocycles. The molecule has 3 rings (SSSR count). The number of carbonyl (C=O) groups is 1. The Balaban J connectivity index is 1.95. The monoisotopic (exact) mass is 285 g/mol. The Bertz CT molecular complexity index is 625. The molecule has 1 aromatic heterocycles. The molecule has 2 unspecified atom stereocenters. The van der Waals surface area contributed by atoms with Gasteiger partial charge in [0.15, 0.2) is 0 Å². The third-order valence-corrected chi connectivity index (χ3v) is 3.95. The second kappa shape index (κ2) is 5.65. The zero-order chi connectivity index (χ0) is 14.8. The maximum absolute atomic E-state index is 12.9. The number of amides is 1. The minimum absolute atomic E-state index is 0.00875. The van der Waals surface area contributed by atoms with E-state index in [2.05, 4.69) is 17.1 Å². The van der Waals surface area contributed by atoms with Gasteiger partial charge in [0.1, 0.15) is 0 Å². The molecule has 6 heteroatoms. The van der Waals surface area contributed by atoms with Gasteiger partial charge in [-0.05, 0) is 31.9 Å². The first kappa shape index (κ1) is 13.8. The maximum Gasteiger partial charge on any atom is 0.256 e. The predicted octanol–water partition coefficient (Wildman–Crippen LogP) is 1.22. The molecule has 21 heavy (non-hydrogen) atoms. The number of benzene rings is 1. The first-order valence-corrected chi connectivity index (χ1v) is 7.19. The number of likely N-dealkylation sites (tertiary alicyclic amines) is 1. The van der Waals surface area contributed by atoms with E-state index < -0.39 is 0 Å². The lowest BCUT2D eigenvalue weighted by atomic mass is 9.98. The number of nitrogens with two attached hydrogens (primary N) is 1. The summed E-state index contributed by atoms with van der Waals surface area (Å²) in [6, 6.07) is 7.65. The summed E-state index contributed by atoms with van der Waals surface area (Å²) in [4.78, 5) is 16.2. The molecular formula is C15H19N5O. The van der Waals surface area contributed by atoms with Crippen molar-refractivity contribution >= 4 is 5.91 Å². The van der Waals surface area contributed by atoms with E-state index >= 15 is 0 Å². The van der Waals surface area contributed by atoms with Gasteiger partial charge in [0.25, 0.3) is 5.91 Å². The molecule has 0 saturated carbocycles. The number of rotatable bonds is 2. The molecule has 2 atom stereocenters. The Morgan fingerprint density at radius 3 is 2.71 bits per heavy atom. The SMILES string of the molecule is CC1CCC(N)CN1C(=O)c1ccccc1-n1nccn1. The van der Waals surface area contributed by atoms with E-state index in [4.69, 9.17) is 5.73 Å². The van der Waals surface area contributed by atoms with Crippen molar-refractivity contribution in [1.82, 2.24) is 19.9 Å². The summed E-state index contributed by atoms with van der Waals surface area (Å²) >= 11 is 0. The molecule has 0 spiro atoms. The van der Waals surface area contributed by atoms with Crippen LogP contribution >= 0.6 is 0 Å². The van der Waals surface area contributed by atoms with Crippen LogP contribution in [-0.2, 0) is 0 Å². The summed E-state index contributed by atoms with van der Waals surface area (Å²) in [6.07, 6.45) is 5.10. The van der Waals surface area contributed by atoms with Crippen molar-refractivity contribution in [3.05, 3.63) is 42.2 Å². The third kappa shape index (κ3) is 2.67. The first-order chi connectivity index (χ1) is 10.2. The molecule has 6 nitrogen and oxygen atoms in total. The predicted molar refractivity (Wildman–Crippen MR) is 79.1 cm³/mol. The van der Waals surface area contributed by atoms with Crippen molar-refractivity contribution in [1.29, 1.82) is 0 Å². The van der Waals surface area contributed by atoms with Crippen molar-refractivity contribution in [2.75, 3.05) is 6.54 Å². The Hall–Kier alpha value is -2.21. The average Bonchev–Trinajstić information content (AvgIpc) is 3.03. The van der Waals surface area contributed by atoms with Crippen molar-refractivity contribution in [3.63, 3.8) is 0 Å². The number of hydrogen-bond acceptors (Lipinski definition) is 4. The van der Waals surface area contributed by atoms with Crippen LogP contribution in [0.25, 0.3) is 5.69 Å². The van der Waals surface area contributed by atoms with Gasteiger partial charge >= 0.3 is 0 Å². The zero-order valence-electron chi connectivity index (χ0n) is 12.0. The van der Waals surface area contributed by atoms with Gasteiger partial charge < -0.3 is 10.6 Å². The van der Waals surface area contributed by atoms with E-state index in [0.717, 1.165) is 12.8 Å². The van der Waals surface area contributed by atoms with E-state index in [1.54, 1.807) is 12.4 Å². The molecule has 110 valence electrons.